The Labute approximate surface area is 534 Å². The quantitative estimate of drug-likeness (QED) is 0.0435. The van der Waals surface area contributed by atoms with E-state index < -0.39 is 152 Å². The second kappa shape index (κ2) is 32.6. The number of ether oxygens (including phenoxy) is 2. The van der Waals surface area contributed by atoms with E-state index in [-0.39, 0.29) is 80.1 Å². The van der Waals surface area contributed by atoms with Gasteiger partial charge >= 0.3 is 0 Å². The molecule has 13 atom stereocenters. The summed E-state index contributed by atoms with van der Waals surface area (Å²) < 4.78 is 13.0. The van der Waals surface area contributed by atoms with Crippen molar-refractivity contribution in [2.45, 2.75) is 139 Å². The Balaban J connectivity index is 0.00000645. The zero-order chi connectivity index (χ0) is 63.5. The number of phenolic OH excluding ortho intramolecular Hbond substituents is 1. The third-order valence-electron chi connectivity index (χ3n) is 15.7. The van der Waals surface area contributed by atoms with Gasteiger partial charge in [-0.05, 0) is 80.4 Å². The van der Waals surface area contributed by atoms with Crippen LogP contribution >= 0.6 is 36.2 Å². The summed E-state index contributed by atoms with van der Waals surface area (Å²) in [6, 6.07) is 6.86. The zero-order valence-corrected chi connectivity index (χ0v) is 52.2. The average molecular weight is 1320 g/mol. The van der Waals surface area contributed by atoms with E-state index in [9.17, 15) is 69.3 Å². The normalized spacial score (nSPS) is 24.8. The maximum atomic E-state index is 14.7. The Bertz CT molecular complexity index is 3240. The summed E-state index contributed by atoms with van der Waals surface area (Å²) in [7, 11) is 0. The number of aromatic hydroxyl groups is 1. The molecule has 3 aromatic carbocycles. The van der Waals surface area contributed by atoms with Crippen LogP contribution in [0.25, 0.3) is 26.8 Å². The summed E-state index contributed by atoms with van der Waals surface area (Å²) >= 11 is 1.37. The molecular weight excluding hydrogens is 1240 g/mol. The molecule has 3 saturated heterocycles. The molecule has 0 saturated carbocycles. The van der Waals surface area contributed by atoms with E-state index in [1.165, 1.54) is 48.6 Å². The van der Waals surface area contributed by atoms with Crippen molar-refractivity contribution in [2.24, 2.45) is 17.4 Å². The van der Waals surface area contributed by atoms with Crippen LogP contribution in [-0.2, 0) is 35.2 Å². The molecule has 492 valence electrons. The van der Waals surface area contributed by atoms with Gasteiger partial charge in [0.15, 0.2) is 11.5 Å². The first kappa shape index (κ1) is 71.8. The minimum absolute atomic E-state index is 0. The molecule has 5 aromatic rings. The number of phenols is 1. The number of amides is 7. The third kappa shape index (κ3) is 17.4. The lowest BCUT2D eigenvalue weighted by Crippen LogP contribution is -2.64. The van der Waals surface area contributed by atoms with E-state index in [4.69, 9.17) is 31.0 Å². The number of unbranched alkanes of at least 4 members (excludes halogenated alkanes) is 2. The van der Waals surface area contributed by atoms with Crippen LogP contribution in [-0.4, -0.2) is 220 Å². The molecule has 2 aromatic heterocycles. The maximum absolute atomic E-state index is 14.7. The van der Waals surface area contributed by atoms with Crippen molar-refractivity contribution in [1.29, 1.82) is 0 Å². The number of aliphatic hydroxyl groups excluding tert-OH is 6. The number of hydrogen-bond donors (Lipinski definition) is 14. The number of hydrogen-bond acceptors (Lipinski definition) is 21. The van der Waals surface area contributed by atoms with Crippen LogP contribution in [0.15, 0.2) is 72.9 Å². The van der Waals surface area contributed by atoms with Gasteiger partial charge in [0.25, 0.3) is 5.91 Å². The summed E-state index contributed by atoms with van der Waals surface area (Å²) in [5.41, 5.74) is 13.7. The first-order chi connectivity index (χ1) is 42.1. The molecule has 31 heteroatoms. The second-order valence-corrected chi connectivity index (χ2v) is 23.4. The minimum atomic E-state index is -2.04. The molecule has 3 fully saturated rings. The summed E-state index contributed by atoms with van der Waals surface area (Å²) in [4.78, 5) is 108. The Hall–Kier alpha value is -7.29. The number of nitrogens with zero attached hydrogens (tertiary/aromatic N) is 5. The van der Waals surface area contributed by atoms with Gasteiger partial charge in [0.2, 0.25) is 40.4 Å². The van der Waals surface area contributed by atoms with Crippen LogP contribution in [0.4, 0.5) is 0 Å². The van der Waals surface area contributed by atoms with Gasteiger partial charge in [-0.1, -0.05) is 56.2 Å². The van der Waals surface area contributed by atoms with Crippen LogP contribution in [0.3, 0.4) is 0 Å². The number of aromatic nitrogens is 3. The molecule has 0 radical (unpaired) electrons. The molecule has 0 spiro atoms. The second-order valence-electron chi connectivity index (χ2n) is 22.4. The Morgan fingerprint density at radius 1 is 0.767 bits per heavy atom. The lowest BCUT2D eigenvalue weighted by Gasteiger charge is -2.34. The van der Waals surface area contributed by atoms with Gasteiger partial charge in [0.1, 0.15) is 53.6 Å². The largest absolute Gasteiger partial charge is 0.504 e. The summed E-state index contributed by atoms with van der Waals surface area (Å²) in [5.74, 6) is -7.89. The number of nitrogens with two attached hydrogens (primary N) is 2. The van der Waals surface area contributed by atoms with E-state index in [1.807, 2.05) is 24.3 Å². The minimum Gasteiger partial charge on any atom is -0.504 e. The van der Waals surface area contributed by atoms with Gasteiger partial charge in [-0.15, -0.1) is 24.8 Å². The predicted molar refractivity (Wildman–Crippen MR) is 332 cm³/mol. The van der Waals surface area contributed by atoms with Crippen molar-refractivity contribution in [1.82, 2.24) is 51.0 Å². The molecule has 8 rings (SSSR count). The van der Waals surface area contributed by atoms with Gasteiger partial charge in [0.05, 0.1) is 55.1 Å². The monoisotopic (exact) mass is 1310 g/mol. The molecule has 5 heterocycles. The summed E-state index contributed by atoms with van der Waals surface area (Å²) in [6.45, 7) is 3.83. The standard InChI is InChI=1S/C59H78N12O16S.2ClH/c1-4-5-6-20-86-38-14-12-35(13-15-38)56-68-71-29-40(64-59(71)88-56)33-8-10-34(11-9-33)51(79)63-39-24-36(73)26-62-55(83)49-50(78)30(2)27-70(49)58(85)48(43(76)17-18-60)67-54(82)47(44(77)22-32-7-16-42(75)45(23-32)87-21-19-61)66-53(81)41-25-37(74)28-69(41)57(84)46(31(3)72)65-52(39)80;;/h7-16,23,29-31,36-37,39,41,43-44,46-50,72-78H,4-6,17-22,24-28,60-61H2,1-3H3,(H,62,83)(H,63,79)(H,65,80)(H,66,81)(H,67,82);2*1H/t30-,31+,36+,37+,39-,41-,43+,44+,46-,47-,48-,49-,50-;;/m0../s1. The Kier molecular flexibility index (Phi) is 26.0. The first-order valence-electron chi connectivity index (χ1n) is 29.3. The third-order valence-corrected chi connectivity index (χ3v) is 16.6. The molecule has 7 amide bonds. The molecule has 28 nitrogen and oxygen atoms in total. The topological polar surface area (TPSA) is 428 Å². The lowest BCUT2D eigenvalue weighted by molar-refractivity contribution is -0.147. The highest BCUT2D eigenvalue weighted by molar-refractivity contribution is 7.19. The molecule has 0 aliphatic carbocycles. The van der Waals surface area contributed by atoms with Crippen LogP contribution in [0.1, 0.15) is 75.2 Å². The zero-order valence-electron chi connectivity index (χ0n) is 49.8. The predicted octanol–water partition coefficient (Wildman–Crippen LogP) is -1.12. The summed E-state index contributed by atoms with van der Waals surface area (Å²) in [5, 5.41) is 96.7. The van der Waals surface area contributed by atoms with Gasteiger partial charge in [0, 0.05) is 68.0 Å². The fourth-order valence-electron chi connectivity index (χ4n) is 10.8. The van der Waals surface area contributed by atoms with E-state index in [2.05, 4.69) is 33.5 Å². The maximum Gasteiger partial charge on any atom is 0.251 e. The highest BCUT2D eigenvalue weighted by Crippen LogP contribution is 2.32. The van der Waals surface area contributed by atoms with Gasteiger partial charge < -0.3 is 93.1 Å². The smallest absolute Gasteiger partial charge is 0.251 e. The van der Waals surface area contributed by atoms with Crippen molar-refractivity contribution in [3.63, 3.8) is 0 Å². The van der Waals surface area contributed by atoms with Crippen molar-refractivity contribution >= 4 is 82.5 Å². The fraction of sp³-hybridized carbons (Fsp3) is 0.508. The van der Waals surface area contributed by atoms with Crippen LogP contribution < -0.4 is 47.5 Å². The van der Waals surface area contributed by atoms with Crippen molar-refractivity contribution in [3.05, 3.63) is 84.1 Å². The molecule has 16 N–H and O–H groups in total. The van der Waals surface area contributed by atoms with Crippen molar-refractivity contribution in [2.75, 3.05) is 45.9 Å². The van der Waals surface area contributed by atoms with E-state index in [0.717, 1.165) is 52.3 Å². The number of nitrogens with one attached hydrogen (secondary N) is 5. The number of benzene rings is 3. The molecule has 0 bridgehead atoms. The molecular formula is C59H80Cl2N12O16S. The van der Waals surface area contributed by atoms with Crippen LogP contribution in [0.2, 0.25) is 0 Å². The van der Waals surface area contributed by atoms with Gasteiger partial charge in [-0.3, -0.25) is 33.6 Å². The lowest BCUT2D eigenvalue weighted by atomic mass is 9.98. The van der Waals surface area contributed by atoms with Gasteiger partial charge in [-0.25, -0.2) is 9.50 Å². The Morgan fingerprint density at radius 2 is 1.44 bits per heavy atom. The number of rotatable bonds is 19. The highest BCUT2D eigenvalue weighted by Gasteiger charge is 2.50. The number of β-amino-alcohol motifs (C(OH)–C–C–N with tert-alkyl or cyclic N) is 1. The van der Waals surface area contributed by atoms with Crippen molar-refractivity contribution < 1.29 is 78.8 Å². The molecule has 0 unspecified atom stereocenters. The SMILES string of the molecule is CCCCCOc1ccc(-c2nn3cc(-c4ccc(C(=O)N[C@H]5C[C@@H](O)CNC(=O)[C@@H]6[C@@H](O)[C@@H](C)CN6C(=O)[C@H]([C@H](O)CCN)NC(=O)[C@H]([C@H](O)Cc6ccc(O)c(OCCN)c6)NC(=O)[C@@H]6C[C@@H](O)CN6C(=O)[C@H]([C@@H](C)O)NC5=O)cc4)nc3s2)cc1.Cl.Cl. The fourth-order valence-corrected chi connectivity index (χ4v) is 11.7. The van der Waals surface area contributed by atoms with Crippen LogP contribution in [0.5, 0.6) is 17.2 Å². The number of halogens is 2. The van der Waals surface area contributed by atoms with E-state index >= 15 is 0 Å². The number of fused-ring (bicyclic) bond motifs is 3. The number of aliphatic hydroxyl groups is 6. The number of imidazole rings is 1. The molecule has 3 aliphatic heterocycles. The number of carbonyl (C=O) groups excluding carboxylic acids is 7. The van der Waals surface area contributed by atoms with Crippen molar-refractivity contribution in [3.8, 4) is 39.1 Å². The molecule has 90 heavy (non-hydrogen) atoms. The van der Waals surface area contributed by atoms with Crippen LogP contribution in [0, 0.1) is 5.92 Å². The van der Waals surface area contributed by atoms with Gasteiger partial charge in [-0.2, -0.15) is 5.10 Å². The van der Waals surface area contributed by atoms with E-state index in [0.29, 0.717) is 22.8 Å². The summed E-state index contributed by atoms with van der Waals surface area (Å²) in [6.07, 6.45) is -6.97. The Morgan fingerprint density at radius 3 is 2.11 bits per heavy atom. The highest BCUT2D eigenvalue weighted by atomic mass is 35.5. The number of carbonyl (C=O) groups is 7. The first-order valence-corrected chi connectivity index (χ1v) is 30.1. The average Bonchev–Trinajstić information content (AvgIpc) is 2.58. The molecule has 3 aliphatic rings. The van der Waals surface area contributed by atoms with E-state index in [1.54, 1.807) is 22.8 Å².